The van der Waals surface area contributed by atoms with Gasteiger partial charge in [-0.05, 0) is 55.1 Å². The number of morpholine rings is 1. The van der Waals surface area contributed by atoms with Crippen molar-refractivity contribution in [1.82, 2.24) is 5.32 Å². The highest BCUT2D eigenvalue weighted by atomic mass is 32.1. The van der Waals surface area contributed by atoms with Crippen molar-refractivity contribution in [2.45, 2.75) is 31.8 Å². The van der Waals surface area contributed by atoms with Crippen LogP contribution in [-0.2, 0) is 20.7 Å². The molecule has 148 valence electrons. The number of hydrogen-bond donors (Lipinski definition) is 2. The van der Waals surface area contributed by atoms with Gasteiger partial charge in [-0.1, -0.05) is 6.07 Å². The van der Waals surface area contributed by atoms with Gasteiger partial charge in [0.1, 0.15) is 11.9 Å². The lowest BCUT2D eigenvalue weighted by molar-refractivity contribution is -0.156. The van der Waals surface area contributed by atoms with Gasteiger partial charge in [0.2, 0.25) is 0 Å². The first-order valence-corrected chi connectivity index (χ1v) is 9.76. The standard InChI is InChI=1S/C19H26FN3O3S/c20-16-10-13(3-4-17(16)23-5-7-25-8-6-23)1-2-14-9-15(12-22-19(21)27)26-18(24)11-14/h3-4,10,14-15H,1-2,5-9,11-12H2,(H3,21,22,27)/t14-,15-/m1/s1. The van der Waals surface area contributed by atoms with Gasteiger partial charge >= 0.3 is 5.97 Å². The summed E-state index contributed by atoms with van der Waals surface area (Å²) in [6.45, 7) is 3.11. The minimum absolute atomic E-state index is 0.198. The summed E-state index contributed by atoms with van der Waals surface area (Å²) in [4.78, 5) is 13.8. The monoisotopic (exact) mass is 395 g/mol. The lowest BCUT2D eigenvalue weighted by atomic mass is 9.89. The number of ether oxygens (including phenoxy) is 2. The second-order valence-corrected chi connectivity index (χ2v) is 7.53. The van der Waals surface area contributed by atoms with Gasteiger partial charge < -0.3 is 25.4 Å². The van der Waals surface area contributed by atoms with E-state index in [0.717, 1.165) is 24.8 Å². The highest BCUT2D eigenvalue weighted by Gasteiger charge is 2.28. The molecule has 0 amide bonds. The average molecular weight is 396 g/mol. The Morgan fingerprint density at radius 2 is 2.15 bits per heavy atom. The fraction of sp³-hybridized carbons (Fsp3) is 0.579. The van der Waals surface area contributed by atoms with E-state index in [1.165, 1.54) is 0 Å². The largest absolute Gasteiger partial charge is 0.460 e. The molecular formula is C19H26FN3O3S. The minimum atomic E-state index is -0.224. The average Bonchev–Trinajstić information content (AvgIpc) is 2.65. The fourth-order valence-electron chi connectivity index (χ4n) is 3.67. The Kier molecular flexibility index (Phi) is 6.84. The maximum absolute atomic E-state index is 14.5. The molecule has 0 saturated carbocycles. The zero-order chi connectivity index (χ0) is 19.2. The van der Waals surface area contributed by atoms with Crippen LogP contribution < -0.4 is 16.0 Å². The summed E-state index contributed by atoms with van der Waals surface area (Å²) in [5.74, 6) is -0.183. The molecule has 0 bridgehead atoms. The van der Waals surface area contributed by atoms with Gasteiger partial charge in [-0.15, -0.1) is 0 Å². The molecule has 6 nitrogen and oxygen atoms in total. The van der Waals surface area contributed by atoms with Crippen molar-refractivity contribution < 1.29 is 18.7 Å². The SMILES string of the molecule is NC(=S)NC[C@H]1C[C@@H](CCc2ccc(N3CCOCC3)c(F)c2)CC(=O)O1. The summed E-state index contributed by atoms with van der Waals surface area (Å²) >= 11 is 4.79. The number of nitrogens with one attached hydrogen (secondary N) is 1. The predicted molar refractivity (Wildman–Crippen MR) is 105 cm³/mol. The van der Waals surface area contributed by atoms with E-state index in [0.29, 0.717) is 45.0 Å². The number of hydrogen-bond acceptors (Lipinski definition) is 5. The molecule has 2 fully saturated rings. The van der Waals surface area contributed by atoms with E-state index in [9.17, 15) is 9.18 Å². The summed E-state index contributed by atoms with van der Waals surface area (Å²) < 4.78 is 25.2. The second-order valence-electron chi connectivity index (χ2n) is 7.09. The molecule has 2 heterocycles. The Morgan fingerprint density at radius 1 is 1.37 bits per heavy atom. The Hall–Kier alpha value is -1.93. The highest BCUT2D eigenvalue weighted by Crippen LogP contribution is 2.27. The highest BCUT2D eigenvalue weighted by molar-refractivity contribution is 7.80. The van der Waals surface area contributed by atoms with Crippen LogP contribution in [0.15, 0.2) is 18.2 Å². The number of nitrogens with two attached hydrogens (primary N) is 1. The van der Waals surface area contributed by atoms with E-state index in [-0.39, 0.29) is 28.9 Å². The van der Waals surface area contributed by atoms with Crippen LogP contribution in [0.2, 0.25) is 0 Å². The van der Waals surface area contributed by atoms with Gasteiger partial charge in [0.05, 0.1) is 25.4 Å². The van der Waals surface area contributed by atoms with Crippen molar-refractivity contribution >= 4 is 29.0 Å². The van der Waals surface area contributed by atoms with Crippen molar-refractivity contribution in [2.75, 3.05) is 37.7 Å². The number of anilines is 1. The van der Waals surface area contributed by atoms with E-state index in [4.69, 9.17) is 27.4 Å². The third-order valence-corrected chi connectivity index (χ3v) is 5.20. The Labute approximate surface area is 164 Å². The molecule has 2 saturated heterocycles. The third-order valence-electron chi connectivity index (χ3n) is 5.06. The van der Waals surface area contributed by atoms with Crippen molar-refractivity contribution in [3.63, 3.8) is 0 Å². The summed E-state index contributed by atoms with van der Waals surface area (Å²) in [7, 11) is 0. The zero-order valence-corrected chi connectivity index (χ0v) is 16.1. The Bertz CT molecular complexity index is 682. The molecule has 2 atom stereocenters. The van der Waals surface area contributed by atoms with Crippen LogP contribution in [-0.4, -0.2) is 50.0 Å². The van der Waals surface area contributed by atoms with Gasteiger partial charge in [-0.2, -0.15) is 0 Å². The number of nitrogens with zero attached hydrogens (tertiary/aromatic N) is 1. The van der Waals surface area contributed by atoms with Crippen molar-refractivity contribution in [2.24, 2.45) is 11.7 Å². The topological polar surface area (TPSA) is 76.8 Å². The molecule has 3 rings (SSSR count). The van der Waals surface area contributed by atoms with Crippen LogP contribution in [0.5, 0.6) is 0 Å². The number of halogens is 1. The lowest BCUT2D eigenvalue weighted by Crippen LogP contribution is -2.41. The summed E-state index contributed by atoms with van der Waals surface area (Å²) in [5.41, 5.74) is 7.01. The molecule has 27 heavy (non-hydrogen) atoms. The van der Waals surface area contributed by atoms with E-state index in [1.54, 1.807) is 6.07 Å². The van der Waals surface area contributed by atoms with E-state index in [2.05, 4.69) is 5.32 Å². The molecule has 2 aliphatic heterocycles. The molecular weight excluding hydrogens is 369 g/mol. The summed E-state index contributed by atoms with van der Waals surface area (Å²) in [6, 6.07) is 5.43. The first-order valence-electron chi connectivity index (χ1n) is 9.35. The number of esters is 1. The number of carbonyl (C=O) groups excluding carboxylic acids is 1. The van der Waals surface area contributed by atoms with Gasteiger partial charge in [-0.25, -0.2) is 4.39 Å². The molecule has 2 aliphatic rings. The van der Waals surface area contributed by atoms with E-state index >= 15 is 0 Å². The van der Waals surface area contributed by atoms with Crippen LogP contribution in [0.25, 0.3) is 0 Å². The van der Waals surface area contributed by atoms with Crippen LogP contribution >= 0.6 is 12.2 Å². The van der Waals surface area contributed by atoms with Gasteiger partial charge in [0, 0.05) is 19.5 Å². The molecule has 8 heteroatoms. The zero-order valence-electron chi connectivity index (χ0n) is 15.3. The normalized spacial score (nSPS) is 23.0. The Morgan fingerprint density at radius 3 is 2.85 bits per heavy atom. The molecule has 0 unspecified atom stereocenters. The minimum Gasteiger partial charge on any atom is -0.460 e. The van der Waals surface area contributed by atoms with Crippen molar-refractivity contribution in [3.05, 3.63) is 29.6 Å². The van der Waals surface area contributed by atoms with E-state index in [1.807, 2.05) is 17.0 Å². The molecule has 0 radical (unpaired) electrons. The number of carbonyl (C=O) groups is 1. The molecule has 0 aliphatic carbocycles. The Balaban J connectivity index is 1.53. The molecule has 0 spiro atoms. The summed E-state index contributed by atoms with van der Waals surface area (Å²) in [5, 5.41) is 3.04. The maximum Gasteiger partial charge on any atom is 0.306 e. The second kappa shape index (κ2) is 9.32. The molecule has 1 aromatic carbocycles. The number of cyclic esters (lactones) is 1. The number of thiocarbonyl (C=S) groups is 1. The number of aryl methyl sites for hydroxylation is 1. The van der Waals surface area contributed by atoms with Crippen LogP contribution in [0, 0.1) is 11.7 Å². The third kappa shape index (κ3) is 5.77. The number of benzene rings is 1. The maximum atomic E-state index is 14.5. The number of rotatable bonds is 6. The van der Waals surface area contributed by atoms with Crippen molar-refractivity contribution in [1.29, 1.82) is 0 Å². The van der Waals surface area contributed by atoms with Crippen LogP contribution in [0.1, 0.15) is 24.8 Å². The molecule has 3 N–H and O–H groups in total. The quantitative estimate of drug-likeness (QED) is 0.561. The van der Waals surface area contributed by atoms with Crippen LogP contribution in [0.3, 0.4) is 0 Å². The van der Waals surface area contributed by atoms with Gasteiger partial charge in [-0.3, -0.25) is 4.79 Å². The van der Waals surface area contributed by atoms with Gasteiger partial charge in [0.15, 0.2) is 5.11 Å². The predicted octanol–water partition coefficient (Wildman–Crippen LogP) is 1.75. The van der Waals surface area contributed by atoms with Gasteiger partial charge in [0.25, 0.3) is 0 Å². The van der Waals surface area contributed by atoms with E-state index < -0.39 is 0 Å². The lowest BCUT2D eigenvalue weighted by Gasteiger charge is -2.30. The summed E-state index contributed by atoms with van der Waals surface area (Å²) in [6.07, 6.45) is 2.48. The first-order chi connectivity index (χ1) is 13.0. The van der Waals surface area contributed by atoms with Crippen LogP contribution in [0.4, 0.5) is 10.1 Å². The van der Waals surface area contributed by atoms with Crippen molar-refractivity contribution in [3.8, 4) is 0 Å². The molecule has 0 aromatic heterocycles. The fourth-order valence-corrected chi connectivity index (χ4v) is 3.75. The first kappa shape index (κ1) is 19.8. The smallest absolute Gasteiger partial charge is 0.306 e. The molecule has 1 aromatic rings.